The van der Waals surface area contributed by atoms with E-state index in [1.165, 1.54) is 12.3 Å². The molecule has 2 aliphatic heterocycles. The van der Waals surface area contributed by atoms with E-state index in [0.717, 1.165) is 0 Å². The molecule has 2 aromatic rings. The number of hydrogen-bond donors (Lipinski definition) is 2. The highest BCUT2D eigenvalue weighted by molar-refractivity contribution is 7.92. The minimum atomic E-state index is -2.96. The van der Waals surface area contributed by atoms with Gasteiger partial charge in [-0.05, 0) is 19.0 Å². The Labute approximate surface area is 161 Å². The number of aromatic nitrogens is 3. The summed E-state index contributed by atoms with van der Waals surface area (Å²) < 4.78 is 43.9. The van der Waals surface area contributed by atoms with E-state index in [9.17, 15) is 17.6 Å². The number of piperidine rings is 1. The molecular weight excluding hydrogens is 389 g/mol. The lowest BCUT2D eigenvalue weighted by molar-refractivity contribution is 0.0676. The van der Waals surface area contributed by atoms with Crippen molar-refractivity contribution in [3.63, 3.8) is 0 Å². The van der Waals surface area contributed by atoms with Gasteiger partial charge in [-0.3, -0.25) is 9.48 Å². The predicted molar refractivity (Wildman–Crippen MR) is 98.5 cm³/mol. The fraction of sp³-hybridized carbons (Fsp3) is 0.471. The zero-order valence-electron chi connectivity index (χ0n) is 14.9. The van der Waals surface area contributed by atoms with E-state index in [2.05, 4.69) is 15.4 Å². The number of carbonyl (C=O) groups excluding carboxylic acids is 1. The van der Waals surface area contributed by atoms with Crippen molar-refractivity contribution >= 4 is 15.7 Å². The SMILES string of the molecule is NC(=O)c1cc(-c2cnn(C3CS(=O)(=O)C3)c2)cnc1O[C@@H]1CCNC[C@@H]1F. The number of sulfone groups is 1. The summed E-state index contributed by atoms with van der Waals surface area (Å²) in [5.41, 5.74) is 6.76. The van der Waals surface area contributed by atoms with Gasteiger partial charge in [0.2, 0.25) is 5.88 Å². The third-order valence-electron chi connectivity index (χ3n) is 4.93. The van der Waals surface area contributed by atoms with Crippen molar-refractivity contribution in [2.24, 2.45) is 5.73 Å². The largest absolute Gasteiger partial charge is 0.471 e. The molecule has 11 heteroatoms. The van der Waals surface area contributed by atoms with E-state index >= 15 is 0 Å². The van der Waals surface area contributed by atoms with Crippen LogP contribution < -0.4 is 15.8 Å². The molecule has 0 bridgehead atoms. The number of pyridine rings is 1. The van der Waals surface area contributed by atoms with Crippen LogP contribution in [0.15, 0.2) is 24.7 Å². The predicted octanol–water partition coefficient (Wildman–Crippen LogP) is 0.0923. The number of halogens is 1. The van der Waals surface area contributed by atoms with E-state index in [1.807, 2.05) is 0 Å². The van der Waals surface area contributed by atoms with Gasteiger partial charge in [-0.1, -0.05) is 0 Å². The van der Waals surface area contributed by atoms with Crippen LogP contribution in [0.25, 0.3) is 11.1 Å². The highest BCUT2D eigenvalue weighted by atomic mass is 32.2. The molecule has 0 aliphatic carbocycles. The van der Waals surface area contributed by atoms with Crippen LogP contribution in [0.1, 0.15) is 22.8 Å². The van der Waals surface area contributed by atoms with Gasteiger partial charge in [0.25, 0.3) is 5.91 Å². The Balaban J connectivity index is 1.57. The van der Waals surface area contributed by atoms with Gasteiger partial charge >= 0.3 is 0 Å². The van der Waals surface area contributed by atoms with Gasteiger partial charge in [0.1, 0.15) is 17.8 Å². The summed E-state index contributed by atoms with van der Waals surface area (Å²) >= 11 is 0. The highest BCUT2D eigenvalue weighted by Crippen LogP contribution is 2.29. The molecule has 3 N–H and O–H groups in total. The van der Waals surface area contributed by atoms with Gasteiger partial charge in [-0.2, -0.15) is 5.10 Å². The number of ether oxygens (including phenoxy) is 1. The summed E-state index contributed by atoms with van der Waals surface area (Å²) in [4.78, 5) is 16.1. The lowest BCUT2D eigenvalue weighted by Crippen LogP contribution is -2.44. The lowest BCUT2D eigenvalue weighted by Gasteiger charge is -2.27. The first kappa shape index (κ1) is 18.8. The summed E-state index contributed by atoms with van der Waals surface area (Å²) in [6, 6.07) is 1.34. The van der Waals surface area contributed by atoms with Crippen LogP contribution in [0, 0.1) is 0 Å². The maximum absolute atomic E-state index is 14.0. The third kappa shape index (κ3) is 3.72. The highest BCUT2D eigenvalue weighted by Gasteiger charge is 2.35. The summed E-state index contributed by atoms with van der Waals surface area (Å²) in [6.45, 7) is 0.801. The number of carbonyl (C=O) groups is 1. The molecule has 0 radical (unpaired) electrons. The molecule has 28 heavy (non-hydrogen) atoms. The van der Waals surface area contributed by atoms with E-state index < -0.39 is 28.0 Å². The zero-order valence-corrected chi connectivity index (χ0v) is 15.7. The number of rotatable bonds is 5. The summed E-state index contributed by atoms with van der Waals surface area (Å²) in [5.74, 6) is -0.604. The fourth-order valence-electron chi connectivity index (χ4n) is 3.33. The Hall–Kier alpha value is -2.53. The van der Waals surface area contributed by atoms with Crippen molar-refractivity contribution in [3.05, 3.63) is 30.2 Å². The molecule has 0 spiro atoms. The van der Waals surface area contributed by atoms with Gasteiger partial charge in [0.15, 0.2) is 9.84 Å². The van der Waals surface area contributed by atoms with E-state index in [4.69, 9.17) is 10.5 Å². The molecule has 2 saturated heterocycles. The van der Waals surface area contributed by atoms with Gasteiger partial charge in [0, 0.05) is 30.1 Å². The average Bonchev–Trinajstić information content (AvgIpc) is 3.11. The molecule has 150 valence electrons. The molecule has 0 unspecified atom stereocenters. The van der Waals surface area contributed by atoms with Gasteiger partial charge in [-0.15, -0.1) is 0 Å². The van der Waals surface area contributed by atoms with Gasteiger partial charge < -0.3 is 15.8 Å². The average molecular weight is 409 g/mol. The smallest absolute Gasteiger partial charge is 0.254 e. The second-order valence-electron chi connectivity index (χ2n) is 7.05. The second kappa shape index (κ2) is 7.13. The number of amides is 1. The standard InChI is InChI=1S/C17H20FN5O4S/c18-14-6-20-2-1-15(14)27-17-13(16(19)24)3-10(4-21-17)11-5-22-23(7-11)12-8-28(25,26)9-12/h3-5,7,12,14-15,20H,1-2,6,8-9H2,(H2,19,24)/t14-,15+/m0/s1. The van der Waals surface area contributed by atoms with E-state index in [0.29, 0.717) is 24.1 Å². The molecule has 4 heterocycles. The Morgan fingerprint density at radius 3 is 2.79 bits per heavy atom. The number of nitrogens with zero attached hydrogens (tertiary/aromatic N) is 3. The van der Waals surface area contributed by atoms with E-state index in [-0.39, 0.29) is 35.5 Å². The Morgan fingerprint density at radius 2 is 2.11 bits per heavy atom. The van der Waals surface area contributed by atoms with Crippen molar-refractivity contribution in [2.45, 2.75) is 24.7 Å². The van der Waals surface area contributed by atoms with Crippen molar-refractivity contribution in [1.82, 2.24) is 20.1 Å². The fourth-order valence-corrected chi connectivity index (χ4v) is 4.71. The normalized spacial score (nSPS) is 24.5. The van der Waals surface area contributed by atoms with E-state index in [1.54, 1.807) is 17.1 Å². The van der Waals surface area contributed by atoms with Crippen LogP contribution in [-0.2, 0) is 9.84 Å². The molecule has 2 aliphatic rings. The van der Waals surface area contributed by atoms with Crippen molar-refractivity contribution in [2.75, 3.05) is 24.6 Å². The topological polar surface area (TPSA) is 129 Å². The molecule has 0 aromatic carbocycles. The summed E-state index contributed by atoms with van der Waals surface area (Å²) in [6.07, 6.45) is 3.33. The first-order valence-electron chi connectivity index (χ1n) is 8.88. The molecule has 2 fully saturated rings. The molecule has 2 atom stereocenters. The van der Waals surface area contributed by atoms with Crippen molar-refractivity contribution < 1.29 is 22.3 Å². The second-order valence-corrected chi connectivity index (χ2v) is 9.20. The lowest BCUT2D eigenvalue weighted by atomic mass is 10.1. The molecule has 4 rings (SSSR count). The Bertz CT molecular complexity index is 997. The maximum atomic E-state index is 14.0. The molecular formula is C17H20FN5O4S. The molecule has 2 aromatic heterocycles. The number of primary amides is 1. The molecule has 9 nitrogen and oxygen atoms in total. The number of nitrogens with two attached hydrogens (primary N) is 1. The zero-order chi connectivity index (χ0) is 19.9. The van der Waals surface area contributed by atoms with Crippen molar-refractivity contribution in [1.29, 1.82) is 0 Å². The van der Waals surface area contributed by atoms with Crippen LogP contribution in [0.3, 0.4) is 0 Å². The van der Waals surface area contributed by atoms with Crippen LogP contribution in [0.5, 0.6) is 5.88 Å². The van der Waals surface area contributed by atoms with Gasteiger partial charge in [0.05, 0.1) is 23.7 Å². The third-order valence-corrected chi connectivity index (χ3v) is 6.71. The van der Waals surface area contributed by atoms with Crippen molar-refractivity contribution in [3.8, 4) is 17.0 Å². The monoisotopic (exact) mass is 409 g/mol. The van der Waals surface area contributed by atoms with Crippen LogP contribution in [-0.4, -0.2) is 66.0 Å². The molecule has 0 saturated carbocycles. The van der Waals surface area contributed by atoms with Crippen LogP contribution >= 0.6 is 0 Å². The van der Waals surface area contributed by atoms with Crippen LogP contribution in [0.2, 0.25) is 0 Å². The first-order chi connectivity index (χ1) is 13.3. The minimum absolute atomic E-state index is 0.00304. The Morgan fingerprint density at radius 1 is 1.32 bits per heavy atom. The quantitative estimate of drug-likeness (QED) is 0.716. The number of hydrogen-bond acceptors (Lipinski definition) is 7. The number of nitrogens with one attached hydrogen (secondary N) is 1. The maximum Gasteiger partial charge on any atom is 0.254 e. The van der Waals surface area contributed by atoms with Crippen LogP contribution in [0.4, 0.5) is 4.39 Å². The Kier molecular flexibility index (Phi) is 4.79. The summed E-state index contributed by atoms with van der Waals surface area (Å²) in [5, 5.41) is 7.13. The first-order valence-corrected chi connectivity index (χ1v) is 10.7. The summed E-state index contributed by atoms with van der Waals surface area (Å²) in [7, 11) is -2.96. The minimum Gasteiger partial charge on any atom is -0.471 e. The van der Waals surface area contributed by atoms with Gasteiger partial charge in [-0.25, -0.2) is 17.8 Å². The molecule has 1 amide bonds. The number of alkyl halides is 1.